The van der Waals surface area contributed by atoms with E-state index < -0.39 is 21.7 Å². The minimum atomic E-state index is -3.41. The van der Waals surface area contributed by atoms with Gasteiger partial charge < -0.3 is 9.64 Å². The predicted octanol–water partition coefficient (Wildman–Crippen LogP) is 1.47. The number of rotatable bonds is 3. The summed E-state index contributed by atoms with van der Waals surface area (Å²) in [6, 6.07) is 0. The molecule has 130 valence electrons. The van der Waals surface area contributed by atoms with Crippen LogP contribution < -0.4 is 4.72 Å². The molecule has 0 unspecified atom stereocenters. The van der Waals surface area contributed by atoms with Crippen molar-refractivity contribution in [2.45, 2.75) is 46.3 Å². The number of nitrogens with one attached hydrogen (secondary N) is 1. The second-order valence-electron chi connectivity index (χ2n) is 6.55. The number of carbonyl (C=O) groups excluding carboxylic acids is 1. The molecule has 1 aromatic rings. The lowest BCUT2D eigenvalue weighted by Gasteiger charge is -2.29. The van der Waals surface area contributed by atoms with Crippen molar-refractivity contribution in [1.29, 1.82) is 0 Å². The van der Waals surface area contributed by atoms with E-state index in [-0.39, 0.29) is 12.3 Å². The van der Waals surface area contributed by atoms with Crippen LogP contribution in [-0.2, 0) is 34.8 Å². The van der Waals surface area contributed by atoms with Crippen LogP contribution in [0.3, 0.4) is 0 Å². The molecule has 1 aliphatic heterocycles. The Kier molecular flexibility index (Phi) is 4.61. The summed E-state index contributed by atoms with van der Waals surface area (Å²) < 4.78 is 33.1. The number of aryl methyl sites for hydroxylation is 1. The standard InChI is InChI=1S/C14H24N4O4S/c1-6-23(20,21)16-12-10-9-18(13(19)22-14(2,3)4)8-7-11(10)15-17(12)5/h16H,6-9H2,1-5H3. The smallest absolute Gasteiger partial charge is 0.410 e. The van der Waals surface area contributed by atoms with E-state index in [0.717, 1.165) is 11.3 Å². The van der Waals surface area contributed by atoms with E-state index in [2.05, 4.69) is 9.82 Å². The van der Waals surface area contributed by atoms with E-state index in [9.17, 15) is 13.2 Å². The highest BCUT2D eigenvalue weighted by atomic mass is 32.2. The number of sulfonamides is 1. The van der Waals surface area contributed by atoms with Crippen molar-refractivity contribution in [2.24, 2.45) is 7.05 Å². The third-order valence-electron chi connectivity index (χ3n) is 3.48. The van der Waals surface area contributed by atoms with Gasteiger partial charge in [-0.05, 0) is 27.7 Å². The Morgan fingerprint density at radius 2 is 2.04 bits per heavy atom. The minimum absolute atomic E-state index is 0.0251. The molecule has 0 atom stereocenters. The van der Waals surface area contributed by atoms with Crippen molar-refractivity contribution >= 4 is 21.9 Å². The van der Waals surface area contributed by atoms with Crippen LogP contribution in [0.15, 0.2) is 0 Å². The number of nitrogens with zero attached hydrogens (tertiary/aromatic N) is 3. The van der Waals surface area contributed by atoms with Crippen LogP contribution in [0.4, 0.5) is 10.6 Å². The molecule has 1 aromatic heterocycles. The van der Waals surface area contributed by atoms with Crippen LogP contribution in [0.2, 0.25) is 0 Å². The zero-order valence-corrected chi connectivity index (χ0v) is 15.0. The lowest BCUT2D eigenvalue weighted by atomic mass is 10.1. The van der Waals surface area contributed by atoms with Gasteiger partial charge in [0.25, 0.3) is 0 Å². The van der Waals surface area contributed by atoms with Crippen LogP contribution >= 0.6 is 0 Å². The Labute approximate surface area is 136 Å². The number of amides is 1. The molecule has 0 radical (unpaired) electrons. The highest BCUT2D eigenvalue weighted by Gasteiger charge is 2.30. The van der Waals surface area contributed by atoms with E-state index in [0.29, 0.717) is 18.8 Å². The van der Waals surface area contributed by atoms with E-state index in [4.69, 9.17) is 4.74 Å². The summed E-state index contributed by atoms with van der Waals surface area (Å²) >= 11 is 0. The first-order chi connectivity index (χ1) is 10.5. The average molecular weight is 344 g/mol. The van der Waals surface area contributed by atoms with Gasteiger partial charge in [-0.15, -0.1) is 0 Å². The summed E-state index contributed by atoms with van der Waals surface area (Å²) in [5.41, 5.74) is 0.960. The van der Waals surface area contributed by atoms with Gasteiger partial charge >= 0.3 is 6.09 Å². The van der Waals surface area contributed by atoms with Crippen molar-refractivity contribution in [3.8, 4) is 0 Å². The van der Waals surface area contributed by atoms with E-state index >= 15 is 0 Å². The van der Waals surface area contributed by atoms with Crippen molar-refractivity contribution in [3.05, 3.63) is 11.3 Å². The highest BCUT2D eigenvalue weighted by Crippen LogP contribution is 2.27. The number of hydrogen-bond donors (Lipinski definition) is 1. The predicted molar refractivity (Wildman–Crippen MR) is 86.6 cm³/mol. The van der Waals surface area contributed by atoms with Gasteiger partial charge in [-0.25, -0.2) is 13.2 Å². The summed E-state index contributed by atoms with van der Waals surface area (Å²) in [6.45, 7) is 7.78. The van der Waals surface area contributed by atoms with E-state index in [1.165, 1.54) is 4.68 Å². The molecule has 1 amide bonds. The zero-order chi connectivity index (χ0) is 17.4. The topological polar surface area (TPSA) is 93.5 Å². The second-order valence-corrected chi connectivity index (χ2v) is 8.57. The molecule has 23 heavy (non-hydrogen) atoms. The Morgan fingerprint density at radius 1 is 1.39 bits per heavy atom. The Bertz CT molecular complexity index is 703. The van der Waals surface area contributed by atoms with Gasteiger partial charge in [0, 0.05) is 25.6 Å². The molecule has 8 nitrogen and oxygen atoms in total. The van der Waals surface area contributed by atoms with Crippen LogP contribution in [0, 0.1) is 0 Å². The molecule has 2 rings (SSSR count). The monoisotopic (exact) mass is 344 g/mol. The van der Waals surface area contributed by atoms with Crippen LogP contribution in [0.1, 0.15) is 39.0 Å². The summed E-state index contributed by atoms with van der Waals surface area (Å²) in [5, 5.41) is 4.35. The van der Waals surface area contributed by atoms with Crippen LogP contribution in [0.25, 0.3) is 0 Å². The largest absolute Gasteiger partial charge is 0.444 e. The number of ether oxygens (including phenoxy) is 1. The van der Waals surface area contributed by atoms with Crippen molar-refractivity contribution < 1.29 is 17.9 Å². The lowest BCUT2D eigenvalue weighted by Crippen LogP contribution is -2.40. The first-order valence-electron chi connectivity index (χ1n) is 7.55. The molecule has 0 aromatic carbocycles. The van der Waals surface area contributed by atoms with Crippen molar-refractivity contribution in [3.63, 3.8) is 0 Å². The molecule has 0 saturated heterocycles. The SMILES string of the molecule is CCS(=O)(=O)Nc1c2c(nn1C)CCN(C(=O)OC(C)(C)C)C2. The quantitative estimate of drug-likeness (QED) is 0.896. The number of carbonyl (C=O) groups is 1. The molecular formula is C14H24N4O4S. The van der Waals surface area contributed by atoms with E-state index in [1.54, 1.807) is 18.9 Å². The fraction of sp³-hybridized carbons (Fsp3) is 0.714. The minimum Gasteiger partial charge on any atom is -0.444 e. The molecule has 0 fully saturated rings. The van der Waals surface area contributed by atoms with Crippen molar-refractivity contribution in [2.75, 3.05) is 17.0 Å². The molecule has 0 aliphatic carbocycles. The van der Waals surface area contributed by atoms with Gasteiger partial charge in [-0.1, -0.05) is 0 Å². The normalized spacial score (nSPS) is 15.3. The summed E-state index contributed by atoms with van der Waals surface area (Å²) in [7, 11) is -1.73. The second kappa shape index (κ2) is 6.03. The zero-order valence-electron chi connectivity index (χ0n) is 14.2. The lowest BCUT2D eigenvalue weighted by molar-refractivity contribution is 0.0224. The van der Waals surface area contributed by atoms with Crippen LogP contribution in [0.5, 0.6) is 0 Å². The first kappa shape index (κ1) is 17.6. The van der Waals surface area contributed by atoms with Gasteiger partial charge in [-0.2, -0.15) is 5.10 Å². The third kappa shape index (κ3) is 4.15. The van der Waals surface area contributed by atoms with Gasteiger partial charge in [0.15, 0.2) is 0 Å². The van der Waals surface area contributed by atoms with Gasteiger partial charge in [-0.3, -0.25) is 9.40 Å². The number of aromatic nitrogens is 2. The summed E-state index contributed by atoms with van der Waals surface area (Å²) in [4.78, 5) is 13.8. The maximum atomic E-state index is 12.2. The molecule has 0 bridgehead atoms. The summed E-state index contributed by atoms with van der Waals surface area (Å²) in [6.07, 6.45) is 0.160. The maximum absolute atomic E-state index is 12.2. The Balaban J connectivity index is 2.24. The maximum Gasteiger partial charge on any atom is 0.410 e. The highest BCUT2D eigenvalue weighted by molar-refractivity contribution is 7.92. The fourth-order valence-corrected chi connectivity index (χ4v) is 3.02. The van der Waals surface area contributed by atoms with Gasteiger partial charge in [0.2, 0.25) is 10.0 Å². The summed E-state index contributed by atoms with van der Waals surface area (Å²) in [5.74, 6) is 0.387. The molecule has 1 aliphatic rings. The molecule has 2 heterocycles. The molecule has 0 saturated carbocycles. The number of fused-ring (bicyclic) bond motifs is 1. The van der Waals surface area contributed by atoms with Crippen molar-refractivity contribution in [1.82, 2.24) is 14.7 Å². The van der Waals surface area contributed by atoms with E-state index in [1.807, 2.05) is 20.8 Å². The van der Waals surface area contributed by atoms with Gasteiger partial charge in [0.1, 0.15) is 11.4 Å². The Morgan fingerprint density at radius 3 is 2.61 bits per heavy atom. The van der Waals surface area contributed by atoms with Gasteiger partial charge in [0.05, 0.1) is 18.0 Å². The molecule has 9 heteroatoms. The van der Waals surface area contributed by atoms with Crippen LogP contribution in [-0.4, -0.2) is 47.1 Å². The third-order valence-corrected chi connectivity index (χ3v) is 4.74. The molecular weight excluding hydrogens is 320 g/mol. The Hall–Kier alpha value is -1.77. The fourth-order valence-electron chi connectivity index (χ4n) is 2.33. The first-order valence-corrected chi connectivity index (χ1v) is 9.21. The number of anilines is 1. The molecule has 1 N–H and O–H groups in total. The number of hydrogen-bond acceptors (Lipinski definition) is 5. The average Bonchev–Trinajstić information content (AvgIpc) is 2.72. The molecule has 0 spiro atoms.